The maximum Gasteiger partial charge on any atom is 0.223 e. The van der Waals surface area contributed by atoms with Gasteiger partial charge in [-0.2, -0.15) is 0 Å². The fraction of sp³-hybridized carbons (Fsp3) is 0.350. The highest BCUT2D eigenvalue weighted by Crippen LogP contribution is 2.26. The molecule has 2 aromatic carbocycles. The summed E-state index contributed by atoms with van der Waals surface area (Å²) in [6.07, 6.45) is 1.08. The van der Waals surface area contributed by atoms with Crippen molar-refractivity contribution in [1.29, 1.82) is 0 Å². The summed E-state index contributed by atoms with van der Waals surface area (Å²) in [5, 5.41) is 1.97. The summed E-state index contributed by atoms with van der Waals surface area (Å²) in [5.74, 6) is 0.165. The lowest BCUT2D eigenvalue weighted by atomic mass is 10.1. The number of carbonyl (C=O) groups excluding carboxylic acids is 1. The lowest BCUT2D eigenvalue weighted by Gasteiger charge is -2.37. The molecule has 3 rings (SSSR count). The number of anilines is 1. The minimum atomic E-state index is 0.165. The van der Waals surface area contributed by atoms with E-state index in [1.54, 1.807) is 12.1 Å². The first kappa shape index (κ1) is 19.3. The molecule has 0 radical (unpaired) electrons. The molecule has 3 nitrogen and oxygen atoms in total. The maximum absolute atomic E-state index is 12.5. The molecule has 1 amide bonds. The van der Waals surface area contributed by atoms with Crippen LogP contribution in [0.4, 0.5) is 5.69 Å². The Balaban J connectivity index is 1.54. The van der Waals surface area contributed by atoms with Crippen molar-refractivity contribution in [2.75, 3.05) is 31.1 Å². The van der Waals surface area contributed by atoms with Crippen LogP contribution in [0.25, 0.3) is 0 Å². The lowest BCUT2D eigenvalue weighted by Crippen LogP contribution is -2.49. The number of amides is 1. The number of aryl methyl sites for hydroxylation is 2. The number of hydrogen-bond acceptors (Lipinski definition) is 2. The molecule has 26 heavy (non-hydrogen) atoms. The van der Waals surface area contributed by atoms with E-state index in [0.29, 0.717) is 22.9 Å². The van der Waals surface area contributed by atoms with Crippen molar-refractivity contribution in [1.82, 2.24) is 4.90 Å². The van der Waals surface area contributed by atoms with E-state index in [-0.39, 0.29) is 5.91 Å². The summed E-state index contributed by atoms with van der Waals surface area (Å²) >= 11 is 18.2. The molecule has 6 heteroatoms. The van der Waals surface area contributed by atoms with Gasteiger partial charge in [0.15, 0.2) is 0 Å². The summed E-state index contributed by atoms with van der Waals surface area (Å²) in [6.45, 7) is 5.15. The highest BCUT2D eigenvalue weighted by Gasteiger charge is 2.22. The van der Waals surface area contributed by atoms with E-state index in [4.69, 9.17) is 34.8 Å². The van der Waals surface area contributed by atoms with E-state index >= 15 is 0 Å². The summed E-state index contributed by atoms with van der Waals surface area (Å²) in [4.78, 5) is 16.8. The van der Waals surface area contributed by atoms with Crippen LogP contribution >= 0.6 is 34.8 Å². The normalized spacial score (nSPS) is 14.6. The second-order valence-electron chi connectivity index (χ2n) is 6.53. The summed E-state index contributed by atoms with van der Waals surface area (Å²) < 4.78 is 0. The number of carbonyl (C=O) groups is 1. The number of hydrogen-bond donors (Lipinski definition) is 0. The van der Waals surface area contributed by atoms with Crippen LogP contribution in [0.5, 0.6) is 0 Å². The predicted molar refractivity (Wildman–Crippen MR) is 110 cm³/mol. The molecule has 0 bridgehead atoms. The third-order valence-electron chi connectivity index (χ3n) is 4.77. The zero-order chi connectivity index (χ0) is 18.7. The van der Waals surface area contributed by atoms with Crippen LogP contribution in [-0.2, 0) is 11.2 Å². The molecule has 1 aliphatic heterocycles. The molecule has 1 aliphatic rings. The van der Waals surface area contributed by atoms with Gasteiger partial charge in [-0.25, -0.2) is 0 Å². The Kier molecular flexibility index (Phi) is 6.33. The van der Waals surface area contributed by atoms with Gasteiger partial charge in [0.1, 0.15) is 0 Å². The van der Waals surface area contributed by atoms with Crippen molar-refractivity contribution in [3.05, 3.63) is 62.6 Å². The first-order chi connectivity index (χ1) is 12.4. The van der Waals surface area contributed by atoms with E-state index in [1.165, 1.54) is 5.56 Å². The number of benzene rings is 2. The van der Waals surface area contributed by atoms with Gasteiger partial charge in [-0.05, 0) is 48.7 Å². The summed E-state index contributed by atoms with van der Waals surface area (Å²) in [6, 6.07) is 11.3. The molecular formula is C20H21Cl3N2O. The molecule has 0 saturated carbocycles. The minimum Gasteiger partial charge on any atom is -0.368 e. The van der Waals surface area contributed by atoms with Crippen molar-refractivity contribution in [2.24, 2.45) is 0 Å². The molecule has 1 heterocycles. The second kappa shape index (κ2) is 8.51. The number of nitrogens with zero attached hydrogens (tertiary/aromatic N) is 2. The molecule has 0 atom stereocenters. The molecule has 0 aliphatic carbocycles. The van der Waals surface area contributed by atoms with Gasteiger partial charge >= 0.3 is 0 Å². The van der Waals surface area contributed by atoms with Crippen LogP contribution in [0.15, 0.2) is 36.4 Å². The molecule has 0 aromatic heterocycles. The van der Waals surface area contributed by atoms with Gasteiger partial charge in [0.25, 0.3) is 0 Å². The van der Waals surface area contributed by atoms with Gasteiger partial charge in [0, 0.05) is 53.4 Å². The Morgan fingerprint density at radius 3 is 2.31 bits per heavy atom. The van der Waals surface area contributed by atoms with Crippen molar-refractivity contribution in [2.45, 2.75) is 19.8 Å². The van der Waals surface area contributed by atoms with Gasteiger partial charge in [0.05, 0.1) is 0 Å². The van der Waals surface area contributed by atoms with Gasteiger partial charge in [-0.3, -0.25) is 4.79 Å². The summed E-state index contributed by atoms with van der Waals surface area (Å²) in [5.41, 5.74) is 3.31. The number of piperazine rings is 1. The molecule has 0 spiro atoms. The molecule has 2 aromatic rings. The monoisotopic (exact) mass is 410 g/mol. The second-order valence-corrected chi connectivity index (χ2v) is 7.81. The van der Waals surface area contributed by atoms with Crippen molar-refractivity contribution >= 4 is 46.4 Å². The number of halogens is 3. The Morgan fingerprint density at radius 1 is 0.962 bits per heavy atom. The van der Waals surface area contributed by atoms with Gasteiger partial charge in [-0.1, -0.05) is 46.9 Å². The Labute approximate surface area is 169 Å². The van der Waals surface area contributed by atoms with Gasteiger partial charge in [0.2, 0.25) is 5.91 Å². The highest BCUT2D eigenvalue weighted by atomic mass is 35.5. The largest absolute Gasteiger partial charge is 0.368 e. The van der Waals surface area contributed by atoms with E-state index < -0.39 is 0 Å². The SMILES string of the molecule is Cc1ccc(Cl)cc1N1CCN(C(=O)CCc2ccc(Cl)cc2Cl)CC1. The van der Waals surface area contributed by atoms with Gasteiger partial charge < -0.3 is 9.80 Å². The van der Waals surface area contributed by atoms with Crippen LogP contribution in [0, 0.1) is 6.92 Å². The standard InChI is InChI=1S/C20H21Cl3N2O/c1-14-2-5-17(22)13-19(14)24-8-10-25(11-9-24)20(26)7-4-15-3-6-16(21)12-18(15)23/h2-3,5-6,12-13H,4,7-11H2,1H3. The van der Waals surface area contributed by atoms with Crippen LogP contribution in [0.3, 0.4) is 0 Å². The van der Waals surface area contributed by atoms with E-state index in [1.807, 2.05) is 29.2 Å². The van der Waals surface area contributed by atoms with E-state index in [9.17, 15) is 4.79 Å². The minimum absolute atomic E-state index is 0.165. The van der Waals surface area contributed by atoms with Crippen molar-refractivity contribution < 1.29 is 4.79 Å². The molecule has 1 saturated heterocycles. The quantitative estimate of drug-likeness (QED) is 0.687. The lowest BCUT2D eigenvalue weighted by molar-refractivity contribution is -0.131. The Bertz CT molecular complexity index is 802. The van der Waals surface area contributed by atoms with E-state index in [2.05, 4.69) is 11.8 Å². The topological polar surface area (TPSA) is 23.6 Å². The first-order valence-electron chi connectivity index (χ1n) is 8.67. The third kappa shape index (κ3) is 4.64. The van der Waals surface area contributed by atoms with Crippen LogP contribution in [0.1, 0.15) is 17.5 Å². The smallest absolute Gasteiger partial charge is 0.223 e. The Hall–Kier alpha value is -1.42. The van der Waals surface area contributed by atoms with Crippen molar-refractivity contribution in [3.63, 3.8) is 0 Å². The Morgan fingerprint density at radius 2 is 1.62 bits per heavy atom. The molecule has 138 valence electrons. The molecule has 0 N–H and O–H groups in total. The van der Waals surface area contributed by atoms with E-state index in [0.717, 1.165) is 42.5 Å². The van der Waals surface area contributed by atoms with Crippen molar-refractivity contribution in [3.8, 4) is 0 Å². The zero-order valence-corrected chi connectivity index (χ0v) is 16.9. The average Bonchev–Trinajstić information content (AvgIpc) is 2.63. The fourth-order valence-electron chi connectivity index (χ4n) is 3.24. The van der Waals surface area contributed by atoms with Crippen LogP contribution < -0.4 is 4.90 Å². The molecule has 0 unspecified atom stereocenters. The molecular weight excluding hydrogens is 391 g/mol. The summed E-state index contributed by atoms with van der Waals surface area (Å²) in [7, 11) is 0. The van der Waals surface area contributed by atoms with Crippen LogP contribution in [0.2, 0.25) is 15.1 Å². The predicted octanol–water partition coefficient (Wildman–Crippen LogP) is 5.24. The van der Waals surface area contributed by atoms with Crippen LogP contribution in [-0.4, -0.2) is 37.0 Å². The third-order valence-corrected chi connectivity index (χ3v) is 5.59. The molecule has 1 fully saturated rings. The van der Waals surface area contributed by atoms with Gasteiger partial charge in [-0.15, -0.1) is 0 Å². The maximum atomic E-state index is 12.5. The number of rotatable bonds is 4. The average molecular weight is 412 g/mol. The highest BCUT2D eigenvalue weighted by molar-refractivity contribution is 6.35. The first-order valence-corrected chi connectivity index (χ1v) is 9.80. The zero-order valence-electron chi connectivity index (χ0n) is 14.6. The fourth-order valence-corrected chi connectivity index (χ4v) is 3.91.